The van der Waals surface area contributed by atoms with Crippen molar-refractivity contribution in [2.45, 2.75) is 6.42 Å². The van der Waals surface area contributed by atoms with E-state index in [0.717, 1.165) is 10.7 Å². The molecule has 1 aromatic carbocycles. The highest BCUT2D eigenvalue weighted by molar-refractivity contribution is 7.15. The topological polar surface area (TPSA) is 64.2 Å². The average molecular weight is 329 g/mol. The molecule has 23 heavy (non-hydrogen) atoms. The van der Waals surface area contributed by atoms with E-state index in [2.05, 4.69) is 15.3 Å². The second kappa shape index (κ2) is 5.17. The number of hydrogen-bond acceptors (Lipinski definition) is 4. The first kappa shape index (κ1) is 13.9. The number of imidazole rings is 2. The SMILES string of the molecule is Cn1c(NC(=O)Cc2csc3nccn23)nc2ccc(F)cc21. The van der Waals surface area contributed by atoms with Crippen LogP contribution < -0.4 is 5.32 Å². The van der Waals surface area contributed by atoms with Crippen molar-refractivity contribution in [1.82, 2.24) is 18.9 Å². The third kappa shape index (κ3) is 2.36. The van der Waals surface area contributed by atoms with E-state index >= 15 is 0 Å². The molecular formula is C15H12FN5OS. The number of aryl methyl sites for hydroxylation is 1. The Labute approximate surface area is 134 Å². The molecule has 0 saturated carbocycles. The highest BCUT2D eigenvalue weighted by Crippen LogP contribution is 2.20. The van der Waals surface area contributed by atoms with E-state index < -0.39 is 0 Å². The predicted octanol–water partition coefficient (Wildman–Crippen LogP) is 2.60. The van der Waals surface area contributed by atoms with Crippen molar-refractivity contribution < 1.29 is 9.18 Å². The molecule has 0 spiro atoms. The highest BCUT2D eigenvalue weighted by Gasteiger charge is 2.14. The number of nitrogens with zero attached hydrogens (tertiary/aromatic N) is 4. The minimum atomic E-state index is -0.334. The summed E-state index contributed by atoms with van der Waals surface area (Å²) in [6.45, 7) is 0. The molecule has 0 aliphatic heterocycles. The van der Waals surface area contributed by atoms with Gasteiger partial charge in [-0.25, -0.2) is 14.4 Å². The zero-order valence-corrected chi connectivity index (χ0v) is 13.0. The summed E-state index contributed by atoms with van der Waals surface area (Å²) in [7, 11) is 1.74. The standard InChI is InChI=1S/C15H12FN5OS/c1-20-12-6-9(16)2-3-11(12)18-14(20)19-13(22)7-10-8-23-15-17-4-5-21(10)15/h2-6,8H,7H2,1H3,(H,18,19,22). The Morgan fingerprint density at radius 3 is 3.17 bits per heavy atom. The summed E-state index contributed by atoms with van der Waals surface area (Å²) in [4.78, 5) is 21.6. The third-order valence-corrected chi connectivity index (χ3v) is 4.56. The molecule has 0 atom stereocenters. The maximum absolute atomic E-state index is 13.3. The zero-order chi connectivity index (χ0) is 16.0. The Hall–Kier alpha value is -2.74. The monoisotopic (exact) mass is 329 g/mol. The third-order valence-electron chi connectivity index (χ3n) is 3.65. The largest absolute Gasteiger partial charge is 0.313 e. The number of rotatable bonds is 3. The van der Waals surface area contributed by atoms with Crippen LogP contribution in [0.25, 0.3) is 16.0 Å². The van der Waals surface area contributed by atoms with Crippen LogP contribution in [0.1, 0.15) is 5.69 Å². The summed E-state index contributed by atoms with van der Waals surface area (Å²) < 4.78 is 16.9. The van der Waals surface area contributed by atoms with Crippen molar-refractivity contribution in [3.05, 3.63) is 47.5 Å². The molecule has 0 unspecified atom stereocenters. The zero-order valence-electron chi connectivity index (χ0n) is 12.2. The molecule has 116 valence electrons. The first-order valence-corrected chi connectivity index (χ1v) is 7.81. The van der Waals surface area contributed by atoms with E-state index in [1.165, 1.54) is 23.5 Å². The van der Waals surface area contributed by atoms with Gasteiger partial charge in [0.25, 0.3) is 0 Å². The molecule has 0 aliphatic rings. The Kier molecular flexibility index (Phi) is 3.12. The summed E-state index contributed by atoms with van der Waals surface area (Å²) in [5.74, 6) is -0.121. The Morgan fingerprint density at radius 2 is 2.30 bits per heavy atom. The van der Waals surface area contributed by atoms with Gasteiger partial charge in [0.1, 0.15) is 5.82 Å². The van der Waals surface area contributed by atoms with Crippen LogP contribution in [0, 0.1) is 5.82 Å². The Bertz CT molecular complexity index is 1030. The lowest BCUT2D eigenvalue weighted by molar-refractivity contribution is -0.115. The maximum Gasteiger partial charge on any atom is 0.232 e. The van der Waals surface area contributed by atoms with E-state index in [1.807, 2.05) is 16.0 Å². The van der Waals surface area contributed by atoms with E-state index in [9.17, 15) is 9.18 Å². The number of nitrogens with one attached hydrogen (secondary N) is 1. The van der Waals surface area contributed by atoms with Gasteiger partial charge in [-0.1, -0.05) is 0 Å². The lowest BCUT2D eigenvalue weighted by atomic mass is 10.3. The number of hydrogen-bond donors (Lipinski definition) is 1. The van der Waals surface area contributed by atoms with Gasteiger partial charge in [-0.3, -0.25) is 14.5 Å². The quantitative estimate of drug-likeness (QED) is 0.628. The summed E-state index contributed by atoms with van der Waals surface area (Å²) in [6.07, 6.45) is 3.74. The number of carbonyl (C=O) groups is 1. The smallest absolute Gasteiger partial charge is 0.232 e. The van der Waals surface area contributed by atoms with E-state index in [1.54, 1.807) is 23.9 Å². The highest BCUT2D eigenvalue weighted by atomic mass is 32.1. The van der Waals surface area contributed by atoms with Gasteiger partial charge in [-0.2, -0.15) is 0 Å². The van der Waals surface area contributed by atoms with Gasteiger partial charge in [-0.15, -0.1) is 11.3 Å². The van der Waals surface area contributed by atoms with Crippen molar-refractivity contribution in [3.63, 3.8) is 0 Å². The van der Waals surface area contributed by atoms with E-state index in [-0.39, 0.29) is 18.1 Å². The van der Waals surface area contributed by atoms with Crippen LogP contribution in [0.5, 0.6) is 0 Å². The van der Waals surface area contributed by atoms with Gasteiger partial charge in [-0.05, 0) is 18.2 Å². The summed E-state index contributed by atoms with van der Waals surface area (Å²) >= 11 is 1.49. The number of anilines is 1. The van der Waals surface area contributed by atoms with Crippen molar-refractivity contribution in [3.8, 4) is 0 Å². The van der Waals surface area contributed by atoms with E-state index in [0.29, 0.717) is 17.0 Å². The molecule has 4 rings (SSSR count). The number of benzene rings is 1. The second-order valence-corrected chi connectivity index (χ2v) is 6.00. The minimum absolute atomic E-state index is 0.183. The normalized spacial score (nSPS) is 11.4. The molecule has 0 radical (unpaired) electrons. The fraction of sp³-hybridized carbons (Fsp3) is 0.133. The number of aromatic nitrogens is 4. The predicted molar refractivity (Wildman–Crippen MR) is 86.1 cm³/mol. The van der Waals surface area contributed by atoms with Crippen molar-refractivity contribution >= 4 is 39.2 Å². The number of amides is 1. The molecule has 0 fully saturated rings. The number of carbonyl (C=O) groups excluding carboxylic acids is 1. The van der Waals surface area contributed by atoms with Crippen molar-refractivity contribution in [2.75, 3.05) is 5.32 Å². The van der Waals surface area contributed by atoms with Crippen molar-refractivity contribution in [2.24, 2.45) is 7.05 Å². The lowest BCUT2D eigenvalue weighted by Gasteiger charge is -2.04. The molecule has 0 saturated heterocycles. The van der Waals surface area contributed by atoms with Crippen LogP contribution in [0.3, 0.4) is 0 Å². The van der Waals surface area contributed by atoms with Gasteiger partial charge in [0.2, 0.25) is 11.9 Å². The Morgan fingerprint density at radius 1 is 1.43 bits per heavy atom. The molecule has 1 amide bonds. The van der Waals surface area contributed by atoms with Crippen LogP contribution in [0.15, 0.2) is 36.0 Å². The molecule has 3 aromatic heterocycles. The summed E-state index contributed by atoms with van der Waals surface area (Å²) in [5.41, 5.74) is 2.13. The summed E-state index contributed by atoms with van der Waals surface area (Å²) in [6, 6.07) is 4.34. The first-order valence-electron chi connectivity index (χ1n) is 6.93. The first-order chi connectivity index (χ1) is 11.1. The van der Waals surface area contributed by atoms with Crippen LogP contribution in [0.2, 0.25) is 0 Å². The molecule has 4 aromatic rings. The average Bonchev–Trinajstić information content (AvgIpc) is 3.19. The second-order valence-electron chi connectivity index (χ2n) is 5.16. The number of fused-ring (bicyclic) bond motifs is 2. The van der Waals surface area contributed by atoms with Gasteiger partial charge in [0, 0.05) is 30.5 Å². The van der Waals surface area contributed by atoms with Gasteiger partial charge in [0.15, 0.2) is 4.96 Å². The van der Waals surface area contributed by atoms with E-state index in [4.69, 9.17) is 0 Å². The number of thiazole rings is 1. The van der Waals surface area contributed by atoms with Crippen LogP contribution in [-0.4, -0.2) is 24.8 Å². The number of halogens is 1. The molecular weight excluding hydrogens is 317 g/mol. The molecule has 0 bridgehead atoms. The lowest BCUT2D eigenvalue weighted by Crippen LogP contribution is -2.17. The van der Waals surface area contributed by atoms with Crippen molar-refractivity contribution in [1.29, 1.82) is 0 Å². The minimum Gasteiger partial charge on any atom is -0.313 e. The maximum atomic E-state index is 13.3. The van der Waals surface area contributed by atoms with Crippen LogP contribution >= 0.6 is 11.3 Å². The van der Waals surface area contributed by atoms with Gasteiger partial charge in [0.05, 0.1) is 17.5 Å². The molecule has 6 nitrogen and oxygen atoms in total. The summed E-state index contributed by atoms with van der Waals surface area (Å²) in [5, 5.41) is 4.68. The van der Waals surface area contributed by atoms with Gasteiger partial charge >= 0.3 is 0 Å². The molecule has 3 heterocycles. The van der Waals surface area contributed by atoms with Crippen LogP contribution in [-0.2, 0) is 18.3 Å². The Balaban J connectivity index is 1.59. The molecule has 1 N–H and O–H groups in total. The fourth-order valence-corrected chi connectivity index (χ4v) is 3.36. The molecule has 8 heteroatoms. The van der Waals surface area contributed by atoms with Gasteiger partial charge < -0.3 is 4.57 Å². The van der Waals surface area contributed by atoms with Crippen LogP contribution in [0.4, 0.5) is 10.3 Å². The molecule has 0 aliphatic carbocycles. The fourth-order valence-electron chi connectivity index (χ4n) is 2.51.